The number of esters is 1. The number of nitrogens with zero attached hydrogens (tertiary/aromatic N) is 1. The highest BCUT2D eigenvalue weighted by Crippen LogP contribution is 2.26. The summed E-state index contributed by atoms with van der Waals surface area (Å²) >= 11 is 0. The molecular weight excluding hydrogens is 430 g/mol. The molecule has 9 heteroatoms. The molecule has 0 aromatic heterocycles. The van der Waals surface area contributed by atoms with Crippen molar-refractivity contribution in [1.82, 2.24) is 4.90 Å². The molecule has 0 saturated carbocycles. The predicted molar refractivity (Wildman–Crippen MR) is 117 cm³/mol. The lowest BCUT2D eigenvalue weighted by atomic mass is 9.88. The normalized spacial score (nSPS) is 24.4. The van der Waals surface area contributed by atoms with Gasteiger partial charge in [0.2, 0.25) is 17.5 Å². The summed E-state index contributed by atoms with van der Waals surface area (Å²) < 4.78 is 11.0. The number of amides is 1. The van der Waals surface area contributed by atoms with E-state index in [1.54, 1.807) is 20.9 Å². The van der Waals surface area contributed by atoms with Crippen LogP contribution in [0.5, 0.6) is 0 Å². The van der Waals surface area contributed by atoms with Crippen LogP contribution in [0, 0.1) is 11.8 Å². The van der Waals surface area contributed by atoms with Gasteiger partial charge in [0.1, 0.15) is 24.4 Å². The van der Waals surface area contributed by atoms with Crippen LogP contribution in [0.3, 0.4) is 0 Å². The second-order valence-electron chi connectivity index (χ2n) is 7.90. The molecule has 0 radical (unpaired) electrons. The molecule has 0 fully saturated rings. The number of hydrogen-bond acceptors (Lipinski definition) is 8. The van der Waals surface area contributed by atoms with E-state index in [1.807, 2.05) is 0 Å². The summed E-state index contributed by atoms with van der Waals surface area (Å²) in [5.74, 6) is -6.00. The molecule has 0 aromatic rings. The molecule has 1 aliphatic heterocycles. The summed E-state index contributed by atoms with van der Waals surface area (Å²) in [5.41, 5.74) is 0.224. The molecule has 0 N–H and O–H groups in total. The van der Waals surface area contributed by atoms with Crippen molar-refractivity contribution < 1.29 is 38.2 Å². The van der Waals surface area contributed by atoms with Gasteiger partial charge in [-0.05, 0) is 24.6 Å². The van der Waals surface area contributed by atoms with E-state index in [-0.39, 0.29) is 30.3 Å². The Hall–Kier alpha value is -3.62. The number of cyclic esters (lactones) is 1. The number of allylic oxidation sites excluding steroid dienone is 5. The maximum absolute atomic E-state index is 12.8. The van der Waals surface area contributed by atoms with E-state index in [4.69, 9.17) is 9.47 Å². The Morgan fingerprint density at radius 3 is 2.48 bits per heavy atom. The summed E-state index contributed by atoms with van der Waals surface area (Å²) in [6, 6.07) is 0. The van der Waals surface area contributed by atoms with Crippen molar-refractivity contribution in [2.45, 2.75) is 33.3 Å². The maximum Gasteiger partial charge on any atom is 0.321 e. The first-order valence-corrected chi connectivity index (χ1v) is 10.5. The largest absolute Gasteiger partial charge is 0.492 e. The monoisotopic (exact) mass is 457 g/mol. The minimum Gasteiger partial charge on any atom is -0.492 e. The molecule has 1 heterocycles. The molecule has 0 aromatic carbocycles. The second kappa shape index (κ2) is 11.3. The number of carbonyl (C=O) groups is 6. The van der Waals surface area contributed by atoms with E-state index in [1.165, 1.54) is 42.2 Å². The van der Waals surface area contributed by atoms with E-state index < -0.39 is 47.0 Å². The molecular formula is C24H27NO8. The van der Waals surface area contributed by atoms with Gasteiger partial charge >= 0.3 is 5.97 Å². The van der Waals surface area contributed by atoms with Gasteiger partial charge in [0, 0.05) is 32.4 Å². The van der Waals surface area contributed by atoms with Crippen molar-refractivity contribution in [3.63, 3.8) is 0 Å². The van der Waals surface area contributed by atoms with Crippen LogP contribution < -0.4 is 0 Å². The number of ether oxygens (including phenoxy) is 2. The fraction of sp³-hybridized carbons (Fsp3) is 0.417. The first kappa shape index (κ1) is 25.6. The smallest absolute Gasteiger partial charge is 0.321 e. The fourth-order valence-electron chi connectivity index (χ4n) is 2.98. The van der Waals surface area contributed by atoms with Crippen molar-refractivity contribution in [2.24, 2.45) is 11.8 Å². The molecule has 2 aliphatic rings. The molecule has 3 atom stereocenters. The Morgan fingerprint density at radius 1 is 1.12 bits per heavy atom. The van der Waals surface area contributed by atoms with Gasteiger partial charge in [0.25, 0.3) is 5.78 Å². The van der Waals surface area contributed by atoms with Crippen LogP contribution in [-0.4, -0.2) is 66.2 Å². The zero-order chi connectivity index (χ0) is 24.7. The number of Topliss-reactive ketones (excluding diaryl/α,β-unsaturated/α-hetero) is 2. The van der Waals surface area contributed by atoms with Crippen LogP contribution in [0.1, 0.15) is 27.2 Å². The van der Waals surface area contributed by atoms with Gasteiger partial charge in [0.05, 0.1) is 6.54 Å². The zero-order valence-electron chi connectivity index (χ0n) is 19.0. The van der Waals surface area contributed by atoms with Crippen LogP contribution >= 0.6 is 0 Å². The van der Waals surface area contributed by atoms with E-state index in [0.717, 1.165) is 6.08 Å². The van der Waals surface area contributed by atoms with Gasteiger partial charge in [-0.2, -0.15) is 0 Å². The van der Waals surface area contributed by atoms with Gasteiger partial charge in [0.15, 0.2) is 5.78 Å². The number of fused-ring (bicyclic) bond motifs is 1. The Morgan fingerprint density at radius 2 is 1.82 bits per heavy atom. The lowest BCUT2D eigenvalue weighted by molar-refractivity contribution is -0.155. The highest BCUT2D eigenvalue weighted by atomic mass is 16.5. The third kappa shape index (κ3) is 6.93. The highest BCUT2D eigenvalue weighted by Gasteiger charge is 2.34. The van der Waals surface area contributed by atoms with Crippen molar-refractivity contribution in [3.05, 3.63) is 47.8 Å². The number of ketones is 4. The summed E-state index contributed by atoms with van der Waals surface area (Å²) in [6.07, 6.45) is 6.64. The van der Waals surface area contributed by atoms with Crippen LogP contribution in [0.15, 0.2) is 47.8 Å². The van der Waals surface area contributed by atoms with Crippen molar-refractivity contribution in [3.8, 4) is 0 Å². The van der Waals surface area contributed by atoms with Crippen LogP contribution in [0.4, 0.5) is 0 Å². The quantitative estimate of drug-likeness (QED) is 0.351. The fourth-order valence-corrected chi connectivity index (χ4v) is 2.98. The zero-order valence-corrected chi connectivity index (χ0v) is 19.0. The SMILES string of the molecule is CC(=O)N(C)CCOC1=CC(=O)C2C(=O)O[C@@H](C)[C@H](C)C=CC(=O)C(=O)C(=O)CC=CC2=C1. The Bertz CT molecular complexity index is 984. The number of rotatable bonds is 4. The standard InChI is InChI=1S/C24H27NO8/c1-14-8-9-20(28)23(30)19(27)7-5-6-17-12-18(32-11-10-25(4)16(3)26)13-21(29)22(17)24(31)33-15(14)2/h5-6,8-9,12-15,22H,7,10-11H2,1-4H3/t14-,15+,22?/m1/s1. The van der Waals surface area contributed by atoms with Crippen LogP contribution in [0.2, 0.25) is 0 Å². The maximum atomic E-state index is 12.8. The summed E-state index contributed by atoms with van der Waals surface area (Å²) in [7, 11) is 1.61. The average molecular weight is 457 g/mol. The van der Waals surface area contributed by atoms with Gasteiger partial charge in [-0.25, -0.2) is 0 Å². The number of carbonyl (C=O) groups excluding carboxylic acids is 6. The van der Waals surface area contributed by atoms with Crippen LogP contribution in [-0.2, 0) is 38.2 Å². The lowest BCUT2D eigenvalue weighted by Gasteiger charge is -2.24. The lowest BCUT2D eigenvalue weighted by Crippen LogP contribution is -2.33. The Kier molecular flexibility index (Phi) is 8.78. The van der Waals surface area contributed by atoms with Crippen molar-refractivity contribution >= 4 is 35.0 Å². The third-order valence-corrected chi connectivity index (χ3v) is 5.36. The van der Waals surface area contributed by atoms with Gasteiger partial charge in [-0.1, -0.05) is 25.2 Å². The molecule has 9 nitrogen and oxygen atoms in total. The number of hydrogen-bond donors (Lipinski definition) is 0. The summed E-state index contributed by atoms with van der Waals surface area (Å²) in [4.78, 5) is 74.3. The van der Waals surface area contributed by atoms with Crippen LogP contribution in [0.25, 0.3) is 0 Å². The molecule has 0 saturated heterocycles. The molecule has 0 bridgehead atoms. The first-order valence-electron chi connectivity index (χ1n) is 10.5. The van der Waals surface area contributed by atoms with Crippen molar-refractivity contribution in [2.75, 3.05) is 20.2 Å². The first-order chi connectivity index (χ1) is 15.5. The molecule has 1 amide bonds. The topological polar surface area (TPSA) is 124 Å². The van der Waals surface area contributed by atoms with E-state index in [0.29, 0.717) is 6.54 Å². The molecule has 2 rings (SSSR count). The van der Waals surface area contributed by atoms with Gasteiger partial charge in [-0.15, -0.1) is 0 Å². The van der Waals surface area contributed by atoms with E-state index in [9.17, 15) is 28.8 Å². The minimum atomic E-state index is -1.26. The molecule has 33 heavy (non-hydrogen) atoms. The van der Waals surface area contributed by atoms with Gasteiger partial charge in [-0.3, -0.25) is 28.8 Å². The molecule has 1 unspecified atom stereocenters. The molecule has 176 valence electrons. The predicted octanol–water partition coefficient (Wildman–Crippen LogP) is 1.28. The Balaban J connectivity index is 2.31. The third-order valence-electron chi connectivity index (χ3n) is 5.36. The highest BCUT2D eigenvalue weighted by molar-refractivity contribution is 6.66. The van der Waals surface area contributed by atoms with E-state index in [2.05, 4.69) is 0 Å². The number of likely N-dealkylation sites (N-methyl/N-ethyl adjacent to an activating group) is 1. The summed E-state index contributed by atoms with van der Waals surface area (Å²) in [5, 5.41) is 0. The second-order valence-corrected chi connectivity index (χ2v) is 7.90. The van der Waals surface area contributed by atoms with Crippen molar-refractivity contribution in [1.29, 1.82) is 0 Å². The molecule has 0 spiro atoms. The molecule has 1 aliphatic carbocycles. The average Bonchev–Trinajstić information content (AvgIpc) is 2.75. The van der Waals surface area contributed by atoms with Gasteiger partial charge < -0.3 is 14.4 Å². The Labute approximate surface area is 191 Å². The summed E-state index contributed by atoms with van der Waals surface area (Å²) in [6.45, 7) is 5.09. The minimum absolute atomic E-state index is 0.119. The van der Waals surface area contributed by atoms with E-state index >= 15 is 0 Å².